The van der Waals surface area contributed by atoms with Gasteiger partial charge in [-0.15, -0.1) is 0 Å². The molecule has 0 aliphatic rings. The van der Waals surface area contributed by atoms with Gasteiger partial charge in [-0.05, 0) is 25.0 Å². The Kier molecular flexibility index (Phi) is 4.28. The van der Waals surface area contributed by atoms with Crippen LogP contribution in [0.3, 0.4) is 0 Å². The number of rotatable bonds is 5. The van der Waals surface area contributed by atoms with E-state index in [2.05, 4.69) is 0 Å². The van der Waals surface area contributed by atoms with Crippen molar-refractivity contribution in [3.8, 4) is 5.75 Å². The molecule has 1 rings (SSSR count). The van der Waals surface area contributed by atoms with E-state index in [-0.39, 0.29) is 5.75 Å². The first-order chi connectivity index (χ1) is 7.20. The molecule has 0 aromatic heterocycles. The van der Waals surface area contributed by atoms with E-state index in [0.29, 0.717) is 18.5 Å². The van der Waals surface area contributed by atoms with E-state index in [9.17, 15) is 9.18 Å². The maximum Gasteiger partial charge on any atom is 0.165 e. The van der Waals surface area contributed by atoms with E-state index in [4.69, 9.17) is 4.74 Å². The van der Waals surface area contributed by atoms with Gasteiger partial charge in [0.1, 0.15) is 0 Å². The molecule has 0 bridgehead atoms. The fourth-order valence-electron chi connectivity index (χ4n) is 1.28. The second kappa shape index (κ2) is 5.49. The van der Waals surface area contributed by atoms with E-state index in [1.807, 2.05) is 6.92 Å². The molecular formula is C12H15FO2. The summed E-state index contributed by atoms with van der Waals surface area (Å²) in [5.74, 6) is -0.391. The smallest absolute Gasteiger partial charge is 0.165 e. The number of unbranched alkanes of at least 4 members (excludes halogenated alkanes) is 1. The molecule has 0 unspecified atom stereocenters. The predicted octanol–water partition coefficient (Wildman–Crippen LogP) is 3.13. The molecule has 0 aliphatic carbocycles. The quantitative estimate of drug-likeness (QED) is 0.551. The Morgan fingerprint density at radius 1 is 1.47 bits per heavy atom. The minimum atomic E-state index is -0.473. The number of ether oxygens (including phenoxy) is 1. The van der Waals surface area contributed by atoms with Crippen LogP contribution in [0.5, 0.6) is 5.75 Å². The second-order valence-electron chi connectivity index (χ2n) is 3.43. The maximum absolute atomic E-state index is 13.4. The Morgan fingerprint density at radius 3 is 2.80 bits per heavy atom. The van der Waals surface area contributed by atoms with E-state index in [1.165, 1.54) is 6.07 Å². The number of carbonyl (C=O) groups is 1. The van der Waals surface area contributed by atoms with Gasteiger partial charge in [-0.2, -0.15) is 0 Å². The van der Waals surface area contributed by atoms with E-state index < -0.39 is 5.82 Å². The highest BCUT2D eigenvalue weighted by Crippen LogP contribution is 2.24. The van der Waals surface area contributed by atoms with Gasteiger partial charge in [-0.3, -0.25) is 4.79 Å². The number of carbonyl (C=O) groups excluding carboxylic acids is 1. The van der Waals surface area contributed by atoms with Crippen molar-refractivity contribution in [2.24, 2.45) is 0 Å². The molecule has 0 fully saturated rings. The first kappa shape index (κ1) is 11.7. The van der Waals surface area contributed by atoms with Crippen LogP contribution in [0.1, 0.15) is 35.7 Å². The SMILES string of the molecule is CCCCOc1c(F)ccc(C)c1C=O. The standard InChI is InChI=1S/C12H15FO2/c1-3-4-7-15-12-10(8-14)9(2)5-6-11(12)13/h5-6,8H,3-4,7H2,1-2H3. The summed E-state index contributed by atoms with van der Waals surface area (Å²) in [6, 6.07) is 2.90. The first-order valence-electron chi connectivity index (χ1n) is 5.07. The molecule has 0 heterocycles. The lowest BCUT2D eigenvalue weighted by Gasteiger charge is -2.10. The van der Waals surface area contributed by atoms with Crippen LogP contribution in [-0.2, 0) is 0 Å². The Morgan fingerprint density at radius 2 is 2.20 bits per heavy atom. The normalized spacial score (nSPS) is 10.1. The van der Waals surface area contributed by atoms with Gasteiger partial charge in [0.2, 0.25) is 0 Å². The Hall–Kier alpha value is -1.38. The monoisotopic (exact) mass is 210 g/mol. The number of aryl methyl sites for hydroxylation is 1. The molecule has 0 atom stereocenters. The molecule has 15 heavy (non-hydrogen) atoms. The fourth-order valence-corrected chi connectivity index (χ4v) is 1.28. The lowest BCUT2D eigenvalue weighted by Crippen LogP contribution is -2.03. The van der Waals surface area contributed by atoms with Gasteiger partial charge >= 0.3 is 0 Å². The van der Waals surface area contributed by atoms with Crippen molar-refractivity contribution in [1.82, 2.24) is 0 Å². The second-order valence-corrected chi connectivity index (χ2v) is 3.43. The van der Waals surface area contributed by atoms with Gasteiger partial charge in [0, 0.05) is 0 Å². The van der Waals surface area contributed by atoms with Crippen LogP contribution in [0.2, 0.25) is 0 Å². The number of benzene rings is 1. The summed E-state index contributed by atoms with van der Waals surface area (Å²) < 4.78 is 18.6. The molecule has 0 amide bonds. The Balaban J connectivity index is 2.92. The van der Waals surface area contributed by atoms with Crippen molar-refractivity contribution in [3.63, 3.8) is 0 Å². The zero-order chi connectivity index (χ0) is 11.3. The molecule has 3 heteroatoms. The summed E-state index contributed by atoms with van der Waals surface area (Å²) in [5, 5.41) is 0. The average molecular weight is 210 g/mol. The van der Waals surface area contributed by atoms with E-state index >= 15 is 0 Å². The molecule has 0 N–H and O–H groups in total. The maximum atomic E-state index is 13.4. The molecular weight excluding hydrogens is 195 g/mol. The van der Waals surface area contributed by atoms with Crippen molar-refractivity contribution in [3.05, 3.63) is 29.1 Å². The summed E-state index contributed by atoms with van der Waals surface area (Å²) in [6.45, 7) is 4.23. The van der Waals surface area contributed by atoms with Crippen LogP contribution in [-0.4, -0.2) is 12.9 Å². The molecule has 1 aromatic carbocycles. The lowest BCUT2D eigenvalue weighted by atomic mass is 10.1. The number of halogens is 1. The summed E-state index contributed by atoms with van der Waals surface area (Å²) in [5.41, 5.74) is 1.05. The first-order valence-corrected chi connectivity index (χ1v) is 5.07. The predicted molar refractivity (Wildman–Crippen MR) is 56.9 cm³/mol. The molecule has 0 aliphatic heterocycles. The minimum absolute atomic E-state index is 0.0819. The van der Waals surface area contributed by atoms with Crippen molar-refractivity contribution in [2.45, 2.75) is 26.7 Å². The molecule has 0 saturated carbocycles. The highest BCUT2D eigenvalue weighted by atomic mass is 19.1. The summed E-state index contributed by atoms with van der Waals surface area (Å²) in [4.78, 5) is 10.8. The zero-order valence-corrected chi connectivity index (χ0v) is 9.05. The molecule has 0 spiro atoms. The highest BCUT2D eigenvalue weighted by molar-refractivity contribution is 5.81. The van der Waals surface area contributed by atoms with Gasteiger partial charge in [0.25, 0.3) is 0 Å². The molecule has 1 aromatic rings. The third-order valence-electron chi connectivity index (χ3n) is 2.23. The highest BCUT2D eigenvalue weighted by Gasteiger charge is 2.11. The van der Waals surface area contributed by atoms with Crippen LogP contribution in [0.25, 0.3) is 0 Å². The van der Waals surface area contributed by atoms with Crippen LogP contribution in [0, 0.1) is 12.7 Å². The average Bonchev–Trinajstić information content (AvgIpc) is 2.23. The largest absolute Gasteiger partial charge is 0.490 e. The Labute approximate surface area is 89.1 Å². The van der Waals surface area contributed by atoms with Gasteiger partial charge in [0.05, 0.1) is 12.2 Å². The zero-order valence-electron chi connectivity index (χ0n) is 9.05. The van der Waals surface area contributed by atoms with Crippen molar-refractivity contribution >= 4 is 6.29 Å². The molecule has 82 valence electrons. The minimum Gasteiger partial charge on any atom is -0.490 e. The van der Waals surface area contributed by atoms with Gasteiger partial charge in [-0.25, -0.2) is 4.39 Å². The van der Waals surface area contributed by atoms with Crippen LogP contribution < -0.4 is 4.74 Å². The van der Waals surface area contributed by atoms with Crippen LogP contribution in [0.4, 0.5) is 4.39 Å². The van der Waals surface area contributed by atoms with Crippen LogP contribution >= 0.6 is 0 Å². The van der Waals surface area contributed by atoms with Crippen molar-refractivity contribution < 1.29 is 13.9 Å². The molecule has 0 saturated heterocycles. The fraction of sp³-hybridized carbons (Fsp3) is 0.417. The lowest BCUT2D eigenvalue weighted by molar-refractivity contribution is 0.111. The van der Waals surface area contributed by atoms with Crippen molar-refractivity contribution in [1.29, 1.82) is 0 Å². The number of hydrogen-bond acceptors (Lipinski definition) is 2. The Bertz CT molecular complexity index is 348. The van der Waals surface area contributed by atoms with Gasteiger partial charge in [-0.1, -0.05) is 19.4 Å². The molecule has 0 radical (unpaired) electrons. The third-order valence-corrected chi connectivity index (χ3v) is 2.23. The number of aldehydes is 1. The van der Waals surface area contributed by atoms with Gasteiger partial charge in [0.15, 0.2) is 17.9 Å². The van der Waals surface area contributed by atoms with Crippen LogP contribution in [0.15, 0.2) is 12.1 Å². The van der Waals surface area contributed by atoms with Crippen molar-refractivity contribution in [2.75, 3.05) is 6.61 Å². The summed E-state index contributed by atoms with van der Waals surface area (Å²) >= 11 is 0. The van der Waals surface area contributed by atoms with E-state index in [1.54, 1.807) is 13.0 Å². The molecule has 2 nitrogen and oxygen atoms in total. The van der Waals surface area contributed by atoms with E-state index in [0.717, 1.165) is 18.4 Å². The summed E-state index contributed by atoms with van der Waals surface area (Å²) in [6.07, 6.45) is 2.47. The topological polar surface area (TPSA) is 26.3 Å². The third kappa shape index (κ3) is 2.78. The summed E-state index contributed by atoms with van der Waals surface area (Å²) in [7, 11) is 0. The number of hydrogen-bond donors (Lipinski definition) is 0. The van der Waals surface area contributed by atoms with Gasteiger partial charge < -0.3 is 4.74 Å².